The zero-order valence-corrected chi connectivity index (χ0v) is 12.1. The lowest BCUT2D eigenvalue weighted by Crippen LogP contribution is -2.51. The van der Waals surface area contributed by atoms with E-state index in [0.29, 0.717) is 0 Å². The van der Waals surface area contributed by atoms with Crippen LogP contribution >= 0.6 is 0 Å². The second-order valence-corrected chi connectivity index (χ2v) is 6.07. The Hall–Kier alpha value is -1.35. The predicted molar refractivity (Wildman–Crippen MR) is 78.1 cm³/mol. The van der Waals surface area contributed by atoms with Gasteiger partial charge in [0.15, 0.2) is 0 Å². The maximum absolute atomic E-state index is 12.5. The van der Waals surface area contributed by atoms with E-state index in [4.69, 9.17) is 0 Å². The molecule has 1 atom stereocenters. The summed E-state index contributed by atoms with van der Waals surface area (Å²) < 4.78 is 0. The average Bonchev–Trinajstić information content (AvgIpc) is 2.39. The highest BCUT2D eigenvalue weighted by atomic mass is 16.2. The Morgan fingerprint density at radius 2 is 2.00 bits per heavy atom. The van der Waals surface area contributed by atoms with Crippen molar-refractivity contribution in [1.29, 1.82) is 0 Å². The van der Waals surface area contributed by atoms with Gasteiger partial charge in [0.2, 0.25) is 5.91 Å². The molecule has 3 heteroatoms. The van der Waals surface area contributed by atoms with Gasteiger partial charge in [-0.15, -0.1) is 0 Å². The lowest BCUT2D eigenvalue weighted by Gasteiger charge is -2.33. The lowest BCUT2D eigenvalue weighted by atomic mass is 9.83. The Balaban J connectivity index is 2.02. The number of likely N-dealkylation sites (N-methyl/N-ethyl adjacent to an activating group) is 1. The molecule has 1 aliphatic heterocycles. The second-order valence-electron chi connectivity index (χ2n) is 6.07. The summed E-state index contributed by atoms with van der Waals surface area (Å²) in [4.78, 5) is 14.8. The highest BCUT2D eigenvalue weighted by Gasteiger charge is 2.31. The molecule has 0 aliphatic carbocycles. The predicted octanol–water partition coefficient (Wildman–Crippen LogP) is 2.17. The monoisotopic (exact) mass is 260 g/mol. The zero-order valence-electron chi connectivity index (χ0n) is 12.1. The molecule has 2 rings (SSSR count). The number of benzene rings is 1. The summed E-state index contributed by atoms with van der Waals surface area (Å²) >= 11 is 0. The molecule has 1 heterocycles. The van der Waals surface area contributed by atoms with Crippen molar-refractivity contribution in [2.24, 2.45) is 0 Å². The Morgan fingerprint density at radius 1 is 1.32 bits per heavy atom. The van der Waals surface area contributed by atoms with Crippen LogP contribution in [0.2, 0.25) is 0 Å². The number of likely N-dealkylation sites (tertiary alicyclic amines) is 1. The van der Waals surface area contributed by atoms with Crippen molar-refractivity contribution in [2.45, 2.75) is 38.1 Å². The second kappa shape index (κ2) is 5.74. The number of piperidine rings is 1. The number of nitrogens with one attached hydrogen (secondary N) is 1. The van der Waals surface area contributed by atoms with Gasteiger partial charge in [0, 0.05) is 12.6 Å². The van der Waals surface area contributed by atoms with Gasteiger partial charge < -0.3 is 10.2 Å². The number of carbonyl (C=O) groups excluding carboxylic acids is 1. The maximum Gasteiger partial charge on any atom is 0.230 e. The van der Waals surface area contributed by atoms with Crippen molar-refractivity contribution in [3.63, 3.8) is 0 Å². The number of hydrogen-bond acceptors (Lipinski definition) is 2. The van der Waals surface area contributed by atoms with Crippen LogP contribution in [0.15, 0.2) is 30.3 Å². The average molecular weight is 260 g/mol. The molecule has 1 unspecified atom stereocenters. The first-order valence-corrected chi connectivity index (χ1v) is 7.05. The number of carbonyl (C=O) groups is 1. The standard InChI is InChI=1S/C16H24N2O/c1-16(2,13-8-5-4-6-9-13)15(19)17-14-10-7-11-18(3)12-14/h4-6,8-9,14H,7,10-12H2,1-3H3,(H,17,19). The van der Waals surface area contributed by atoms with Gasteiger partial charge >= 0.3 is 0 Å². The summed E-state index contributed by atoms with van der Waals surface area (Å²) in [7, 11) is 2.11. The minimum atomic E-state index is -0.475. The molecule has 1 aromatic carbocycles. The molecule has 0 saturated carbocycles. The quantitative estimate of drug-likeness (QED) is 0.903. The van der Waals surface area contributed by atoms with E-state index in [2.05, 4.69) is 17.3 Å². The van der Waals surface area contributed by atoms with Crippen LogP contribution in [0.1, 0.15) is 32.3 Å². The van der Waals surface area contributed by atoms with Gasteiger partial charge in [-0.2, -0.15) is 0 Å². The van der Waals surface area contributed by atoms with Gasteiger partial charge in [0.25, 0.3) is 0 Å². The summed E-state index contributed by atoms with van der Waals surface area (Å²) in [5.41, 5.74) is 0.591. The highest BCUT2D eigenvalue weighted by Crippen LogP contribution is 2.23. The number of amides is 1. The summed E-state index contributed by atoms with van der Waals surface area (Å²) in [5, 5.41) is 3.21. The topological polar surface area (TPSA) is 32.3 Å². The lowest BCUT2D eigenvalue weighted by molar-refractivity contribution is -0.126. The first-order chi connectivity index (χ1) is 9.00. The molecule has 0 aromatic heterocycles. The van der Waals surface area contributed by atoms with Gasteiger partial charge in [-0.25, -0.2) is 0 Å². The summed E-state index contributed by atoms with van der Waals surface area (Å²) in [6, 6.07) is 10.3. The molecule has 1 aliphatic rings. The maximum atomic E-state index is 12.5. The first-order valence-electron chi connectivity index (χ1n) is 7.05. The molecule has 1 aromatic rings. The minimum absolute atomic E-state index is 0.124. The molecule has 0 bridgehead atoms. The van der Waals surface area contributed by atoms with Crippen molar-refractivity contribution in [1.82, 2.24) is 10.2 Å². The van der Waals surface area contributed by atoms with Crippen molar-refractivity contribution >= 4 is 5.91 Å². The van der Waals surface area contributed by atoms with E-state index in [-0.39, 0.29) is 11.9 Å². The van der Waals surface area contributed by atoms with Crippen LogP contribution in [-0.4, -0.2) is 37.0 Å². The van der Waals surface area contributed by atoms with E-state index in [1.807, 2.05) is 44.2 Å². The van der Waals surface area contributed by atoms with Crippen LogP contribution < -0.4 is 5.32 Å². The van der Waals surface area contributed by atoms with Crippen molar-refractivity contribution in [3.05, 3.63) is 35.9 Å². The molecular formula is C16H24N2O. The van der Waals surface area contributed by atoms with Crippen LogP contribution in [0.4, 0.5) is 0 Å². The van der Waals surface area contributed by atoms with Crippen LogP contribution in [0.25, 0.3) is 0 Å². The highest BCUT2D eigenvalue weighted by molar-refractivity contribution is 5.87. The Kier molecular flexibility index (Phi) is 4.25. The molecule has 1 saturated heterocycles. The molecule has 0 radical (unpaired) electrons. The molecule has 104 valence electrons. The summed E-state index contributed by atoms with van der Waals surface area (Å²) in [5.74, 6) is 0.124. The molecule has 19 heavy (non-hydrogen) atoms. The fourth-order valence-electron chi connectivity index (χ4n) is 2.64. The van der Waals surface area contributed by atoms with E-state index in [1.54, 1.807) is 0 Å². The third-order valence-corrected chi connectivity index (χ3v) is 4.02. The van der Waals surface area contributed by atoms with Crippen molar-refractivity contribution < 1.29 is 4.79 Å². The fourth-order valence-corrected chi connectivity index (χ4v) is 2.64. The van der Waals surface area contributed by atoms with E-state index < -0.39 is 5.41 Å². The molecule has 3 nitrogen and oxygen atoms in total. The summed E-state index contributed by atoms with van der Waals surface area (Å²) in [6.45, 7) is 6.07. The first kappa shape index (κ1) is 14.1. The summed E-state index contributed by atoms with van der Waals surface area (Å²) in [6.07, 6.45) is 2.24. The Morgan fingerprint density at radius 3 is 2.63 bits per heavy atom. The minimum Gasteiger partial charge on any atom is -0.351 e. The number of hydrogen-bond donors (Lipinski definition) is 1. The smallest absolute Gasteiger partial charge is 0.230 e. The number of rotatable bonds is 3. The van der Waals surface area contributed by atoms with Crippen LogP contribution in [-0.2, 0) is 10.2 Å². The molecule has 1 amide bonds. The van der Waals surface area contributed by atoms with Gasteiger partial charge in [0.05, 0.1) is 5.41 Å². The normalized spacial score (nSPS) is 21.1. The molecule has 1 fully saturated rings. The third-order valence-electron chi connectivity index (χ3n) is 4.02. The van der Waals surface area contributed by atoms with Crippen LogP contribution in [0, 0.1) is 0 Å². The largest absolute Gasteiger partial charge is 0.351 e. The molecule has 1 N–H and O–H groups in total. The zero-order chi connectivity index (χ0) is 13.9. The van der Waals surface area contributed by atoms with Gasteiger partial charge in [-0.05, 0) is 45.8 Å². The fraction of sp³-hybridized carbons (Fsp3) is 0.562. The Bertz CT molecular complexity index is 428. The molecule has 0 spiro atoms. The third kappa shape index (κ3) is 3.35. The van der Waals surface area contributed by atoms with Crippen molar-refractivity contribution in [3.8, 4) is 0 Å². The van der Waals surface area contributed by atoms with Crippen molar-refractivity contribution in [2.75, 3.05) is 20.1 Å². The van der Waals surface area contributed by atoms with Gasteiger partial charge in [-0.1, -0.05) is 30.3 Å². The van der Waals surface area contributed by atoms with Gasteiger partial charge in [-0.3, -0.25) is 4.79 Å². The van der Waals surface area contributed by atoms with E-state index >= 15 is 0 Å². The van der Waals surface area contributed by atoms with E-state index in [0.717, 1.165) is 31.5 Å². The van der Waals surface area contributed by atoms with Gasteiger partial charge in [0.1, 0.15) is 0 Å². The number of nitrogens with zero attached hydrogens (tertiary/aromatic N) is 1. The van der Waals surface area contributed by atoms with E-state index in [1.165, 1.54) is 0 Å². The van der Waals surface area contributed by atoms with Crippen LogP contribution in [0.5, 0.6) is 0 Å². The van der Waals surface area contributed by atoms with E-state index in [9.17, 15) is 4.79 Å². The van der Waals surface area contributed by atoms with Crippen LogP contribution in [0.3, 0.4) is 0 Å². The Labute approximate surface area is 116 Å². The SMILES string of the molecule is CN1CCCC(NC(=O)C(C)(C)c2ccccc2)C1. The molecular weight excluding hydrogens is 236 g/mol.